The number of nitrogens with one attached hydrogen (secondary N) is 1. The molecular formula is C17H20N2OS2. The van der Waals surface area contributed by atoms with Crippen LogP contribution in [0.25, 0.3) is 0 Å². The van der Waals surface area contributed by atoms with Crippen LogP contribution < -0.4 is 5.32 Å². The molecule has 1 N–H and O–H groups in total. The summed E-state index contributed by atoms with van der Waals surface area (Å²) in [6.07, 6.45) is 5.55. The molecular weight excluding hydrogens is 312 g/mol. The van der Waals surface area contributed by atoms with Crippen molar-refractivity contribution in [2.45, 2.75) is 30.7 Å². The van der Waals surface area contributed by atoms with E-state index in [0.29, 0.717) is 6.42 Å². The van der Waals surface area contributed by atoms with Gasteiger partial charge in [-0.25, -0.2) is 4.98 Å². The summed E-state index contributed by atoms with van der Waals surface area (Å²) in [4.78, 5) is 16.0. The maximum absolute atomic E-state index is 11.8. The van der Waals surface area contributed by atoms with Gasteiger partial charge in [0, 0.05) is 24.1 Å². The highest BCUT2D eigenvalue weighted by atomic mass is 33.1. The summed E-state index contributed by atoms with van der Waals surface area (Å²) in [5.41, 5.74) is 0.870. The monoisotopic (exact) mass is 332 g/mol. The lowest BCUT2D eigenvalue weighted by Crippen LogP contribution is -2.10. The van der Waals surface area contributed by atoms with Crippen molar-refractivity contribution in [2.24, 2.45) is 0 Å². The molecule has 1 aromatic heterocycles. The second kappa shape index (κ2) is 10.3. The number of rotatable bonds is 9. The quantitative estimate of drug-likeness (QED) is 0.517. The Kier molecular flexibility index (Phi) is 7.91. The highest BCUT2D eigenvalue weighted by molar-refractivity contribution is 8.76. The fourth-order valence-electron chi connectivity index (χ4n) is 1.87. The molecule has 0 unspecified atom stereocenters. The lowest BCUT2D eigenvalue weighted by Gasteiger charge is -2.04. The molecule has 0 bridgehead atoms. The zero-order valence-electron chi connectivity index (χ0n) is 12.4. The predicted molar refractivity (Wildman–Crippen MR) is 96.1 cm³/mol. The highest BCUT2D eigenvalue weighted by Gasteiger charge is 2.02. The van der Waals surface area contributed by atoms with Crippen LogP contribution >= 0.6 is 21.6 Å². The van der Waals surface area contributed by atoms with E-state index in [1.54, 1.807) is 10.8 Å². The molecule has 2 rings (SSSR count). The first kappa shape index (κ1) is 16.9. The molecule has 0 aliphatic rings. The number of carbonyl (C=O) groups is 1. The molecule has 22 heavy (non-hydrogen) atoms. The van der Waals surface area contributed by atoms with Crippen molar-refractivity contribution in [3.63, 3.8) is 0 Å². The minimum absolute atomic E-state index is 0.0988. The number of carbonyl (C=O) groups excluding carboxylic acids is 1. The van der Waals surface area contributed by atoms with Crippen molar-refractivity contribution in [1.29, 1.82) is 0 Å². The zero-order valence-corrected chi connectivity index (χ0v) is 14.0. The molecule has 3 nitrogen and oxygen atoms in total. The number of hydrogen-bond donors (Lipinski definition) is 1. The molecule has 0 radical (unpaired) electrons. The van der Waals surface area contributed by atoms with Crippen molar-refractivity contribution in [1.82, 2.24) is 4.98 Å². The molecule has 0 fully saturated rings. The minimum atomic E-state index is 0.0988. The highest BCUT2D eigenvalue weighted by Crippen LogP contribution is 2.29. The summed E-state index contributed by atoms with van der Waals surface area (Å²) in [5.74, 6) is 1.18. The van der Waals surface area contributed by atoms with Crippen LogP contribution in [-0.4, -0.2) is 16.6 Å². The number of pyridine rings is 1. The van der Waals surface area contributed by atoms with Gasteiger partial charge in [0.2, 0.25) is 5.91 Å². The minimum Gasteiger partial charge on any atom is -0.326 e. The smallest absolute Gasteiger partial charge is 0.224 e. The van der Waals surface area contributed by atoms with Crippen LogP contribution in [0.3, 0.4) is 0 Å². The number of benzene rings is 1. The fraction of sp³-hybridized carbons (Fsp3) is 0.294. The maximum Gasteiger partial charge on any atom is 0.224 e. The third-order valence-corrected chi connectivity index (χ3v) is 5.32. The van der Waals surface area contributed by atoms with Gasteiger partial charge >= 0.3 is 0 Å². The van der Waals surface area contributed by atoms with Gasteiger partial charge in [0.05, 0.1) is 0 Å². The average molecular weight is 332 g/mol. The Hall–Kier alpha value is -1.46. The molecule has 5 heteroatoms. The summed E-state index contributed by atoms with van der Waals surface area (Å²) in [5, 5.41) is 3.96. The van der Waals surface area contributed by atoms with Gasteiger partial charge in [0.25, 0.3) is 0 Å². The van der Waals surface area contributed by atoms with E-state index in [0.717, 1.165) is 35.7 Å². The standard InChI is InChI=1S/C17H20N2OS2/c20-16(19-15-9-3-1-4-10-15)11-5-2-8-14-21-22-17-12-6-7-13-18-17/h1,3-4,6-7,9-10,12-13H,2,5,8,11,14H2,(H,19,20). The molecule has 1 amide bonds. The number of anilines is 1. The summed E-state index contributed by atoms with van der Waals surface area (Å²) in [7, 11) is 3.53. The third-order valence-electron chi connectivity index (χ3n) is 2.97. The van der Waals surface area contributed by atoms with E-state index in [-0.39, 0.29) is 5.91 Å². The van der Waals surface area contributed by atoms with Crippen LogP contribution in [0.5, 0.6) is 0 Å². The number of unbranched alkanes of at least 4 members (excludes halogenated alkanes) is 2. The van der Waals surface area contributed by atoms with E-state index in [1.807, 2.05) is 65.5 Å². The first-order chi connectivity index (χ1) is 10.8. The van der Waals surface area contributed by atoms with Gasteiger partial charge in [0.15, 0.2) is 0 Å². The average Bonchev–Trinajstić information content (AvgIpc) is 2.56. The first-order valence-electron chi connectivity index (χ1n) is 7.40. The molecule has 0 atom stereocenters. The Morgan fingerprint density at radius 1 is 1.00 bits per heavy atom. The molecule has 0 saturated carbocycles. The topological polar surface area (TPSA) is 42.0 Å². The molecule has 0 aliphatic heterocycles. The summed E-state index contributed by atoms with van der Waals surface area (Å²) in [6.45, 7) is 0. The van der Waals surface area contributed by atoms with Crippen LogP contribution in [0.15, 0.2) is 59.8 Å². The van der Waals surface area contributed by atoms with Crippen LogP contribution in [0, 0.1) is 0 Å². The Balaban J connectivity index is 1.48. The molecule has 2 aromatic rings. The van der Waals surface area contributed by atoms with Crippen LogP contribution in [-0.2, 0) is 4.79 Å². The van der Waals surface area contributed by atoms with Crippen LogP contribution in [0.2, 0.25) is 0 Å². The Morgan fingerprint density at radius 2 is 1.82 bits per heavy atom. The SMILES string of the molecule is O=C(CCCCCSSc1ccccn1)Nc1ccccc1. The van der Waals surface area contributed by atoms with Crippen molar-refractivity contribution in [2.75, 3.05) is 11.1 Å². The molecule has 0 saturated heterocycles. The summed E-state index contributed by atoms with van der Waals surface area (Å²) >= 11 is 0. The predicted octanol–water partition coefficient (Wildman–Crippen LogP) is 5.02. The largest absolute Gasteiger partial charge is 0.326 e. The molecule has 0 spiro atoms. The van der Waals surface area contributed by atoms with E-state index >= 15 is 0 Å². The van der Waals surface area contributed by atoms with E-state index in [2.05, 4.69) is 10.3 Å². The second-order valence-electron chi connectivity index (χ2n) is 4.80. The van der Waals surface area contributed by atoms with Gasteiger partial charge in [-0.15, -0.1) is 0 Å². The number of aromatic nitrogens is 1. The second-order valence-corrected chi connectivity index (χ2v) is 7.23. The van der Waals surface area contributed by atoms with E-state index < -0.39 is 0 Å². The molecule has 116 valence electrons. The van der Waals surface area contributed by atoms with Gasteiger partial charge in [-0.1, -0.05) is 41.5 Å². The molecule has 1 heterocycles. The summed E-state index contributed by atoms with van der Waals surface area (Å²) in [6, 6.07) is 15.5. The van der Waals surface area contributed by atoms with Gasteiger partial charge < -0.3 is 5.32 Å². The first-order valence-corrected chi connectivity index (χ1v) is 9.72. The number of amides is 1. The molecule has 1 aromatic carbocycles. The summed E-state index contributed by atoms with van der Waals surface area (Å²) < 4.78 is 0. The Bertz CT molecular complexity index is 549. The number of para-hydroxylation sites is 1. The lowest BCUT2D eigenvalue weighted by atomic mass is 10.2. The maximum atomic E-state index is 11.8. The van der Waals surface area contributed by atoms with Crippen molar-refractivity contribution in [3.05, 3.63) is 54.7 Å². The normalized spacial score (nSPS) is 10.4. The fourth-order valence-corrected chi connectivity index (χ4v) is 3.89. The van der Waals surface area contributed by atoms with Crippen molar-refractivity contribution >= 4 is 33.2 Å². The van der Waals surface area contributed by atoms with Gasteiger partial charge in [-0.2, -0.15) is 0 Å². The van der Waals surface area contributed by atoms with E-state index in [4.69, 9.17) is 0 Å². The number of hydrogen-bond acceptors (Lipinski definition) is 4. The van der Waals surface area contributed by atoms with Crippen molar-refractivity contribution in [3.8, 4) is 0 Å². The Morgan fingerprint density at radius 3 is 2.59 bits per heavy atom. The van der Waals surface area contributed by atoms with Crippen LogP contribution in [0.4, 0.5) is 5.69 Å². The van der Waals surface area contributed by atoms with E-state index in [9.17, 15) is 4.79 Å². The lowest BCUT2D eigenvalue weighted by molar-refractivity contribution is -0.116. The van der Waals surface area contributed by atoms with Crippen LogP contribution in [0.1, 0.15) is 25.7 Å². The zero-order chi connectivity index (χ0) is 15.5. The Labute approximate surface area is 139 Å². The van der Waals surface area contributed by atoms with Gasteiger partial charge in [-0.3, -0.25) is 4.79 Å². The number of nitrogens with zero attached hydrogens (tertiary/aromatic N) is 1. The van der Waals surface area contributed by atoms with Crippen molar-refractivity contribution < 1.29 is 4.79 Å². The van der Waals surface area contributed by atoms with E-state index in [1.165, 1.54) is 0 Å². The van der Waals surface area contributed by atoms with Gasteiger partial charge in [0.1, 0.15) is 5.03 Å². The molecule has 0 aliphatic carbocycles. The third kappa shape index (κ3) is 7.00. The van der Waals surface area contributed by atoms with Gasteiger partial charge in [-0.05, 0) is 47.9 Å².